The number of hydrogen-bond acceptors (Lipinski definition) is 4. The third-order valence-corrected chi connectivity index (χ3v) is 4.56. The van der Waals surface area contributed by atoms with E-state index in [1.54, 1.807) is 12.3 Å². The number of nitrogens with one attached hydrogen (secondary N) is 3. The lowest BCUT2D eigenvalue weighted by Crippen LogP contribution is -2.26. The van der Waals surface area contributed by atoms with Gasteiger partial charge < -0.3 is 16.0 Å². The van der Waals surface area contributed by atoms with Crippen LogP contribution >= 0.6 is 0 Å². The zero-order valence-electron chi connectivity index (χ0n) is 14.0. The molecule has 0 bridgehead atoms. The van der Waals surface area contributed by atoms with Crippen LogP contribution in [0.1, 0.15) is 47.3 Å². The molecule has 3 N–H and O–H groups in total. The third kappa shape index (κ3) is 3.47. The van der Waals surface area contributed by atoms with E-state index in [1.165, 1.54) is 12.8 Å². The Hall–Kier alpha value is -2.89. The van der Waals surface area contributed by atoms with Gasteiger partial charge in [-0.15, -0.1) is 0 Å². The minimum absolute atomic E-state index is 0.00908. The van der Waals surface area contributed by atoms with Crippen molar-refractivity contribution < 1.29 is 9.59 Å². The quantitative estimate of drug-likeness (QED) is 0.784. The van der Waals surface area contributed by atoms with E-state index in [9.17, 15) is 9.59 Å². The predicted octanol–water partition coefficient (Wildman–Crippen LogP) is 2.64. The van der Waals surface area contributed by atoms with Gasteiger partial charge in [-0.05, 0) is 49.1 Å². The van der Waals surface area contributed by atoms with Crippen LogP contribution in [0.2, 0.25) is 0 Å². The summed E-state index contributed by atoms with van der Waals surface area (Å²) in [5.41, 5.74) is 3.34. The van der Waals surface area contributed by atoms with Gasteiger partial charge >= 0.3 is 0 Å². The number of benzene rings is 1. The fourth-order valence-electron chi connectivity index (χ4n) is 2.93. The molecule has 1 aliphatic carbocycles. The second-order valence-corrected chi connectivity index (χ2v) is 6.69. The molecule has 0 spiro atoms. The van der Waals surface area contributed by atoms with Crippen LogP contribution in [-0.2, 0) is 11.2 Å². The molecular formula is C19H20N4O2. The first-order valence-corrected chi connectivity index (χ1v) is 8.54. The van der Waals surface area contributed by atoms with E-state index in [0.717, 1.165) is 22.6 Å². The van der Waals surface area contributed by atoms with Crippen LogP contribution in [0.5, 0.6) is 0 Å². The first-order valence-electron chi connectivity index (χ1n) is 8.54. The zero-order valence-corrected chi connectivity index (χ0v) is 14.0. The largest absolute Gasteiger partial charge is 0.367 e. The Morgan fingerprint density at radius 2 is 2.12 bits per heavy atom. The van der Waals surface area contributed by atoms with Crippen molar-refractivity contribution in [3.63, 3.8) is 0 Å². The molecule has 2 aliphatic rings. The summed E-state index contributed by atoms with van der Waals surface area (Å²) in [4.78, 5) is 28.2. The van der Waals surface area contributed by atoms with Crippen molar-refractivity contribution in [2.75, 3.05) is 10.6 Å². The first-order chi connectivity index (χ1) is 12.1. The van der Waals surface area contributed by atoms with Crippen LogP contribution < -0.4 is 16.0 Å². The highest BCUT2D eigenvalue weighted by Crippen LogP contribution is 2.27. The van der Waals surface area contributed by atoms with Crippen LogP contribution in [-0.4, -0.2) is 22.8 Å². The molecule has 25 heavy (non-hydrogen) atoms. The topological polar surface area (TPSA) is 83.1 Å². The number of carbonyl (C=O) groups is 2. The molecule has 2 heterocycles. The highest BCUT2D eigenvalue weighted by molar-refractivity contribution is 5.99. The van der Waals surface area contributed by atoms with Crippen molar-refractivity contribution in [1.29, 1.82) is 0 Å². The minimum atomic E-state index is -0.160. The molecular weight excluding hydrogens is 316 g/mol. The van der Waals surface area contributed by atoms with E-state index < -0.39 is 0 Å². The average molecular weight is 336 g/mol. The second kappa shape index (κ2) is 6.20. The molecule has 1 aromatic heterocycles. The van der Waals surface area contributed by atoms with E-state index in [1.807, 2.05) is 31.2 Å². The lowest BCUT2D eigenvalue weighted by atomic mass is 10.0. The van der Waals surface area contributed by atoms with Crippen LogP contribution in [0.3, 0.4) is 0 Å². The lowest BCUT2D eigenvalue weighted by Gasteiger charge is -2.15. The maximum atomic E-state index is 12.4. The highest BCUT2D eigenvalue weighted by Gasteiger charge is 2.22. The Balaban J connectivity index is 1.41. The van der Waals surface area contributed by atoms with E-state index >= 15 is 0 Å². The van der Waals surface area contributed by atoms with Gasteiger partial charge in [0.1, 0.15) is 5.82 Å². The molecule has 128 valence electrons. The Morgan fingerprint density at radius 3 is 2.84 bits per heavy atom. The molecule has 2 amide bonds. The van der Waals surface area contributed by atoms with Gasteiger partial charge in [0.15, 0.2) is 0 Å². The van der Waals surface area contributed by atoms with Gasteiger partial charge in [-0.25, -0.2) is 4.98 Å². The van der Waals surface area contributed by atoms with E-state index in [2.05, 4.69) is 20.9 Å². The van der Waals surface area contributed by atoms with Gasteiger partial charge in [-0.2, -0.15) is 0 Å². The highest BCUT2D eigenvalue weighted by atomic mass is 16.2. The molecule has 1 aliphatic heterocycles. The number of hydrogen-bond donors (Lipinski definition) is 3. The number of nitrogens with zero attached hydrogens (tertiary/aromatic N) is 1. The number of anilines is 2. The Bertz CT molecular complexity index is 828. The van der Waals surface area contributed by atoms with Crippen molar-refractivity contribution in [3.05, 3.63) is 53.2 Å². The van der Waals surface area contributed by atoms with E-state index in [4.69, 9.17) is 0 Å². The smallest absolute Gasteiger partial charge is 0.253 e. The predicted molar refractivity (Wildman–Crippen MR) is 95.5 cm³/mol. The van der Waals surface area contributed by atoms with Gasteiger partial charge in [0.25, 0.3) is 5.91 Å². The molecule has 0 saturated heterocycles. The van der Waals surface area contributed by atoms with Gasteiger partial charge in [0.05, 0.1) is 18.0 Å². The number of fused-ring (bicyclic) bond motifs is 1. The van der Waals surface area contributed by atoms with Gasteiger partial charge in [-0.3, -0.25) is 9.59 Å². The minimum Gasteiger partial charge on any atom is -0.367 e. The summed E-state index contributed by atoms with van der Waals surface area (Å²) in [6.07, 6.45) is 4.36. The molecule has 1 fully saturated rings. The summed E-state index contributed by atoms with van der Waals surface area (Å²) < 4.78 is 0. The van der Waals surface area contributed by atoms with Crippen molar-refractivity contribution >= 4 is 23.3 Å². The molecule has 1 saturated carbocycles. The van der Waals surface area contributed by atoms with Crippen molar-refractivity contribution in [2.45, 2.75) is 38.3 Å². The molecule has 1 aromatic carbocycles. The van der Waals surface area contributed by atoms with Crippen LogP contribution in [0.15, 0.2) is 36.5 Å². The number of rotatable bonds is 5. The monoisotopic (exact) mass is 336 g/mol. The summed E-state index contributed by atoms with van der Waals surface area (Å²) in [5, 5.41) is 9.10. The maximum Gasteiger partial charge on any atom is 0.253 e. The summed E-state index contributed by atoms with van der Waals surface area (Å²) in [5.74, 6) is 0.658. The van der Waals surface area contributed by atoms with Gasteiger partial charge in [0, 0.05) is 17.9 Å². The maximum absolute atomic E-state index is 12.4. The Labute approximate surface area is 146 Å². The summed E-state index contributed by atoms with van der Waals surface area (Å²) in [6, 6.07) is 9.79. The van der Waals surface area contributed by atoms with Gasteiger partial charge in [0.2, 0.25) is 5.91 Å². The van der Waals surface area contributed by atoms with E-state index in [0.29, 0.717) is 18.0 Å². The molecule has 0 radical (unpaired) electrons. The molecule has 0 unspecified atom stereocenters. The van der Waals surface area contributed by atoms with Crippen molar-refractivity contribution in [1.82, 2.24) is 10.3 Å². The molecule has 6 heteroatoms. The summed E-state index contributed by atoms with van der Waals surface area (Å²) in [7, 11) is 0. The van der Waals surface area contributed by atoms with Gasteiger partial charge in [-0.1, -0.05) is 12.1 Å². The number of pyridine rings is 1. The van der Waals surface area contributed by atoms with Crippen molar-refractivity contribution in [3.8, 4) is 0 Å². The zero-order chi connectivity index (χ0) is 17.4. The average Bonchev–Trinajstić information content (AvgIpc) is 3.33. The lowest BCUT2D eigenvalue weighted by molar-refractivity contribution is -0.115. The number of carbonyl (C=O) groups excluding carboxylic acids is 2. The SMILES string of the molecule is C[C@@H](NC(=O)c1ccc(NC2CC2)nc1)c1ccc2c(c1)CC(=O)N2. The third-order valence-electron chi connectivity index (χ3n) is 4.56. The summed E-state index contributed by atoms with van der Waals surface area (Å²) in [6.45, 7) is 1.93. The first kappa shape index (κ1) is 15.6. The standard InChI is InChI=1S/C19H20N4O2/c1-11(12-2-6-16-14(8-12)9-18(24)23-16)21-19(25)13-3-7-17(20-10-13)22-15-4-5-15/h2-3,6-8,10-11,15H,4-5,9H2,1H3,(H,20,22)(H,21,25)(H,23,24)/t11-/m1/s1. The van der Waals surface area contributed by atoms with E-state index in [-0.39, 0.29) is 17.9 Å². The van der Waals surface area contributed by atoms with Crippen LogP contribution in [0.4, 0.5) is 11.5 Å². The van der Waals surface area contributed by atoms with Crippen molar-refractivity contribution in [2.24, 2.45) is 0 Å². The fraction of sp³-hybridized carbons (Fsp3) is 0.316. The number of amides is 2. The molecule has 2 aromatic rings. The second-order valence-electron chi connectivity index (χ2n) is 6.69. The summed E-state index contributed by atoms with van der Waals surface area (Å²) >= 11 is 0. The van der Waals surface area contributed by atoms with Crippen LogP contribution in [0, 0.1) is 0 Å². The molecule has 4 rings (SSSR count). The van der Waals surface area contributed by atoms with Crippen LogP contribution in [0.25, 0.3) is 0 Å². The fourth-order valence-corrected chi connectivity index (χ4v) is 2.93. The molecule has 6 nitrogen and oxygen atoms in total. The normalized spacial score (nSPS) is 16.8. The number of aromatic nitrogens is 1. The molecule has 1 atom stereocenters. The Kier molecular flexibility index (Phi) is 3.87. The Morgan fingerprint density at radius 1 is 1.28 bits per heavy atom.